The molecular weight excluding hydrogens is 322 g/mol. The lowest BCUT2D eigenvalue weighted by molar-refractivity contribution is -0.148. The zero-order valence-electron chi connectivity index (χ0n) is 14.0. The third-order valence-corrected chi connectivity index (χ3v) is 4.23. The minimum atomic E-state index is -0.368. The molecule has 0 aliphatic rings. The molecule has 2 rings (SSSR count). The largest absolute Gasteiger partial charge is 0.463 e. The lowest BCUT2D eigenvalue weighted by Crippen LogP contribution is -2.31. The second-order valence-corrected chi connectivity index (χ2v) is 6.69. The predicted molar refractivity (Wildman–Crippen MR) is 95.8 cm³/mol. The topological polar surface area (TPSA) is 55.4 Å². The fraction of sp³-hybridized carbons (Fsp3) is 0.368. The van der Waals surface area contributed by atoms with Gasteiger partial charge in [0.05, 0.1) is 18.6 Å². The molecular formula is C19H23NO3S. The highest BCUT2D eigenvalue weighted by Gasteiger charge is 2.19. The first-order chi connectivity index (χ1) is 11.5. The van der Waals surface area contributed by atoms with Crippen molar-refractivity contribution >= 4 is 23.2 Å². The summed E-state index contributed by atoms with van der Waals surface area (Å²) in [5.74, 6) is -0.371. The number of thiophene rings is 1. The van der Waals surface area contributed by atoms with Gasteiger partial charge in [-0.15, -0.1) is 0 Å². The van der Waals surface area contributed by atoms with E-state index < -0.39 is 0 Å². The Morgan fingerprint density at radius 1 is 1.17 bits per heavy atom. The average molecular weight is 345 g/mol. The number of rotatable bonds is 8. The van der Waals surface area contributed by atoms with Gasteiger partial charge in [0, 0.05) is 6.42 Å². The van der Waals surface area contributed by atoms with E-state index in [1.54, 1.807) is 11.3 Å². The SMILES string of the molecule is CC(C)OC(=O)CC(NC(=O)CCc1ccsc1)c1ccccc1. The van der Waals surface area contributed by atoms with Crippen LogP contribution in [0.15, 0.2) is 47.2 Å². The van der Waals surface area contributed by atoms with E-state index in [1.807, 2.05) is 61.0 Å². The zero-order valence-corrected chi connectivity index (χ0v) is 14.8. The van der Waals surface area contributed by atoms with Gasteiger partial charge in [0.15, 0.2) is 0 Å². The number of aryl methyl sites for hydroxylation is 1. The van der Waals surface area contributed by atoms with Crippen LogP contribution in [-0.2, 0) is 20.7 Å². The minimum absolute atomic E-state index is 0.0626. The third-order valence-electron chi connectivity index (χ3n) is 3.50. The van der Waals surface area contributed by atoms with Crippen molar-refractivity contribution in [2.45, 2.75) is 45.3 Å². The van der Waals surface area contributed by atoms with Gasteiger partial charge < -0.3 is 10.1 Å². The molecule has 1 N–H and O–H groups in total. The molecule has 4 nitrogen and oxygen atoms in total. The average Bonchev–Trinajstić information content (AvgIpc) is 3.06. The smallest absolute Gasteiger partial charge is 0.308 e. The van der Waals surface area contributed by atoms with Crippen LogP contribution in [0.4, 0.5) is 0 Å². The number of ether oxygens (including phenoxy) is 1. The van der Waals surface area contributed by atoms with Crippen molar-refractivity contribution in [3.05, 3.63) is 58.3 Å². The number of amides is 1. The van der Waals surface area contributed by atoms with E-state index in [2.05, 4.69) is 5.32 Å². The molecule has 1 aromatic carbocycles. The molecule has 1 amide bonds. The quantitative estimate of drug-likeness (QED) is 0.739. The van der Waals surface area contributed by atoms with E-state index in [0.29, 0.717) is 12.8 Å². The highest BCUT2D eigenvalue weighted by Crippen LogP contribution is 2.18. The van der Waals surface area contributed by atoms with Gasteiger partial charge in [0.25, 0.3) is 0 Å². The van der Waals surface area contributed by atoms with Crippen molar-refractivity contribution in [2.24, 2.45) is 0 Å². The van der Waals surface area contributed by atoms with Crippen molar-refractivity contribution in [3.63, 3.8) is 0 Å². The van der Waals surface area contributed by atoms with Gasteiger partial charge in [-0.05, 0) is 48.2 Å². The van der Waals surface area contributed by atoms with Crippen molar-refractivity contribution in [1.29, 1.82) is 0 Å². The molecule has 0 fully saturated rings. The maximum Gasteiger partial charge on any atom is 0.308 e. The molecule has 0 radical (unpaired) electrons. The summed E-state index contributed by atoms with van der Waals surface area (Å²) in [5, 5.41) is 7.01. The van der Waals surface area contributed by atoms with Gasteiger partial charge in [-0.2, -0.15) is 11.3 Å². The Hall–Kier alpha value is -2.14. The number of nitrogens with one attached hydrogen (secondary N) is 1. The molecule has 128 valence electrons. The predicted octanol–water partition coefficient (Wildman–Crippen LogP) is 3.88. The molecule has 2 aromatic rings. The van der Waals surface area contributed by atoms with Gasteiger partial charge >= 0.3 is 5.97 Å². The van der Waals surface area contributed by atoms with E-state index in [9.17, 15) is 9.59 Å². The summed E-state index contributed by atoms with van der Waals surface area (Å²) in [5.41, 5.74) is 2.06. The number of carbonyl (C=O) groups is 2. The molecule has 1 unspecified atom stereocenters. The molecule has 24 heavy (non-hydrogen) atoms. The van der Waals surface area contributed by atoms with Crippen molar-refractivity contribution < 1.29 is 14.3 Å². The molecule has 0 saturated heterocycles. The number of carbonyl (C=O) groups excluding carboxylic acids is 2. The summed E-state index contributed by atoms with van der Waals surface area (Å²) in [6.45, 7) is 3.63. The van der Waals surface area contributed by atoms with Crippen molar-refractivity contribution in [2.75, 3.05) is 0 Å². The van der Waals surface area contributed by atoms with Crippen LogP contribution in [0, 0.1) is 0 Å². The third kappa shape index (κ3) is 6.16. The van der Waals surface area contributed by atoms with E-state index >= 15 is 0 Å². The Morgan fingerprint density at radius 2 is 1.92 bits per heavy atom. The van der Waals surface area contributed by atoms with Gasteiger partial charge in [0.1, 0.15) is 0 Å². The zero-order chi connectivity index (χ0) is 17.4. The molecule has 1 aromatic heterocycles. The van der Waals surface area contributed by atoms with Crippen LogP contribution in [0.3, 0.4) is 0 Å². The summed E-state index contributed by atoms with van der Waals surface area (Å²) < 4.78 is 5.21. The van der Waals surface area contributed by atoms with Crippen molar-refractivity contribution in [1.82, 2.24) is 5.32 Å². The van der Waals surface area contributed by atoms with Crippen LogP contribution in [0.25, 0.3) is 0 Å². The lowest BCUT2D eigenvalue weighted by Gasteiger charge is -2.19. The molecule has 1 heterocycles. The van der Waals surface area contributed by atoms with Crippen LogP contribution < -0.4 is 5.32 Å². The normalized spacial score (nSPS) is 12.0. The van der Waals surface area contributed by atoms with Gasteiger partial charge in [-0.3, -0.25) is 9.59 Å². The number of benzene rings is 1. The summed E-state index contributed by atoms with van der Waals surface area (Å²) in [7, 11) is 0. The van der Waals surface area contributed by atoms with Gasteiger partial charge in [-0.25, -0.2) is 0 Å². The second kappa shape index (κ2) is 9.23. The highest BCUT2D eigenvalue weighted by molar-refractivity contribution is 7.07. The molecule has 5 heteroatoms. The summed E-state index contributed by atoms with van der Waals surface area (Å²) in [6.07, 6.45) is 1.07. The van der Waals surface area contributed by atoms with Crippen LogP contribution >= 0.6 is 11.3 Å². The van der Waals surface area contributed by atoms with E-state index in [4.69, 9.17) is 4.74 Å². The molecule has 0 aliphatic heterocycles. The fourth-order valence-corrected chi connectivity index (χ4v) is 3.08. The Labute approximate surface area is 146 Å². The maximum atomic E-state index is 12.3. The first-order valence-corrected chi connectivity index (χ1v) is 9.03. The Bertz CT molecular complexity index is 638. The van der Waals surface area contributed by atoms with E-state index in [0.717, 1.165) is 11.1 Å². The second-order valence-electron chi connectivity index (χ2n) is 5.91. The minimum Gasteiger partial charge on any atom is -0.463 e. The maximum absolute atomic E-state index is 12.3. The van der Waals surface area contributed by atoms with Crippen LogP contribution in [0.1, 0.15) is 43.9 Å². The molecule has 0 saturated carbocycles. The highest BCUT2D eigenvalue weighted by atomic mass is 32.1. The molecule has 0 aliphatic carbocycles. The Morgan fingerprint density at radius 3 is 2.54 bits per heavy atom. The van der Waals surface area contributed by atoms with Gasteiger partial charge in [0.2, 0.25) is 5.91 Å². The molecule has 0 bridgehead atoms. The number of esters is 1. The Balaban J connectivity index is 1.97. The van der Waals surface area contributed by atoms with Crippen molar-refractivity contribution in [3.8, 4) is 0 Å². The number of hydrogen-bond acceptors (Lipinski definition) is 4. The standard InChI is InChI=1S/C19H23NO3S/c1-14(2)23-19(22)12-17(16-6-4-3-5-7-16)20-18(21)9-8-15-10-11-24-13-15/h3-7,10-11,13-14,17H,8-9,12H2,1-2H3,(H,20,21). The van der Waals surface area contributed by atoms with Crippen LogP contribution in [0.2, 0.25) is 0 Å². The fourth-order valence-electron chi connectivity index (χ4n) is 2.37. The monoisotopic (exact) mass is 345 g/mol. The summed E-state index contributed by atoms with van der Waals surface area (Å²) in [6, 6.07) is 11.2. The number of hydrogen-bond donors (Lipinski definition) is 1. The van der Waals surface area contributed by atoms with E-state index in [-0.39, 0.29) is 30.4 Å². The molecule has 0 spiro atoms. The van der Waals surface area contributed by atoms with Crippen LogP contribution in [0.5, 0.6) is 0 Å². The van der Waals surface area contributed by atoms with E-state index in [1.165, 1.54) is 0 Å². The first-order valence-electron chi connectivity index (χ1n) is 8.09. The summed E-state index contributed by atoms with van der Waals surface area (Å²) in [4.78, 5) is 24.3. The first kappa shape index (κ1) is 18.2. The summed E-state index contributed by atoms with van der Waals surface area (Å²) >= 11 is 1.62. The van der Waals surface area contributed by atoms with Crippen LogP contribution in [-0.4, -0.2) is 18.0 Å². The Kier molecular flexibility index (Phi) is 7.00. The lowest BCUT2D eigenvalue weighted by atomic mass is 10.0. The molecule has 1 atom stereocenters. The van der Waals surface area contributed by atoms with Gasteiger partial charge in [-0.1, -0.05) is 30.3 Å².